The highest BCUT2D eigenvalue weighted by Crippen LogP contribution is 2.25. The Hall–Kier alpha value is -2.78. The summed E-state index contributed by atoms with van der Waals surface area (Å²) in [5.74, 6) is -4.19. The number of alkyl halides is 2. The van der Waals surface area contributed by atoms with Crippen molar-refractivity contribution in [2.45, 2.75) is 18.8 Å². The summed E-state index contributed by atoms with van der Waals surface area (Å²) in [4.78, 5) is 27.0. The molecule has 8 nitrogen and oxygen atoms in total. The van der Waals surface area contributed by atoms with Crippen molar-refractivity contribution in [1.29, 1.82) is 0 Å². The molecule has 1 saturated heterocycles. The molecular weight excluding hydrogens is 312 g/mol. The number of aromatic nitrogens is 3. The van der Waals surface area contributed by atoms with Gasteiger partial charge in [0.1, 0.15) is 0 Å². The third-order valence-electron chi connectivity index (χ3n) is 3.20. The maximum absolute atomic E-state index is 13.0. The molecule has 23 heavy (non-hydrogen) atoms. The van der Waals surface area contributed by atoms with Gasteiger partial charge in [-0.1, -0.05) is 0 Å². The topological polar surface area (TPSA) is 97.6 Å². The van der Waals surface area contributed by atoms with Gasteiger partial charge in [-0.15, -0.1) is 0 Å². The predicted octanol–water partition coefficient (Wildman–Crippen LogP) is 0.686. The van der Waals surface area contributed by atoms with Gasteiger partial charge in [0.05, 0.1) is 11.6 Å². The first kappa shape index (κ1) is 15.1. The molecule has 0 aliphatic carbocycles. The van der Waals surface area contributed by atoms with E-state index in [1.54, 1.807) is 0 Å². The summed E-state index contributed by atoms with van der Waals surface area (Å²) < 4.78 is 32.5. The number of fused-ring (bicyclic) bond motifs is 1. The lowest BCUT2D eigenvalue weighted by molar-refractivity contribution is -0.122. The van der Waals surface area contributed by atoms with Crippen LogP contribution in [0.1, 0.15) is 18.5 Å². The molecule has 3 heterocycles. The molecule has 0 bridgehead atoms. The number of carbonyl (C=O) groups is 2. The zero-order chi connectivity index (χ0) is 16.6. The number of rotatable bonds is 4. The van der Waals surface area contributed by atoms with Crippen LogP contribution in [0.3, 0.4) is 0 Å². The van der Waals surface area contributed by atoms with E-state index in [4.69, 9.17) is 4.74 Å². The number of imidazole rings is 1. The highest BCUT2D eigenvalue weighted by molar-refractivity contribution is 6.00. The van der Waals surface area contributed by atoms with Crippen LogP contribution in [0.5, 0.6) is 5.75 Å². The number of carbonyl (C=O) groups excluding carboxylic acids is 2. The zero-order valence-corrected chi connectivity index (χ0v) is 12.0. The van der Waals surface area contributed by atoms with E-state index in [2.05, 4.69) is 20.7 Å². The smallest absolute Gasteiger partial charge is 0.321 e. The van der Waals surface area contributed by atoms with Crippen LogP contribution < -0.4 is 15.4 Å². The molecule has 1 atom stereocenters. The number of halogens is 2. The number of imide groups is 1. The van der Waals surface area contributed by atoms with E-state index in [0.717, 1.165) is 6.92 Å². The van der Waals surface area contributed by atoms with Gasteiger partial charge < -0.3 is 10.1 Å². The summed E-state index contributed by atoms with van der Waals surface area (Å²) in [5.41, 5.74) is 0.542. The van der Waals surface area contributed by atoms with Crippen molar-refractivity contribution < 1.29 is 23.1 Å². The van der Waals surface area contributed by atoms with Gasteiger partial charge in [-0.25, -0.2) is 23.1 Å². The number of hydrogen-bond donors (Lipinski definition) is 2. The fourth-order valence-corrected chi connectivity index (χ4v) is 2.16. The number of urea groups is 1. The Kier molecular flexibility index (Phi) is 3.58. The van der Waals surface area contributed by atoms with E-state index >= 15 is 0 Å². The SMILES string of the molecule is CC(F)(F)COc1cc(C2CNC(=O)NC2=O)nn2ccnc12. The van der Waals surface area contributed by atoms with Crippen LogP contribution in [0.2, 0.25) is 0 Å². The Labute approximate surface area is 128 Å². The van der Waals surface area contributed by atoms with Gasteiger partial charge in [0.25, 0.3) is 5.92 Å². The fraction of sp³-hybridized carbons (Fsp3) is 0.385. The lowest BCUT2D eigenvalue weighted by Crippen LogP contribution is -2.51. The summed E-state index contributed by atoms with van der Waals surface area (Å²) in [6.07, 6.45) is 2.95. The van der Waals surface area contributed by atoms with Gasteiger partial charge in [-0.2, -0.15) is 5.10 Å². The van der Waals surface area contributed by atoms with Crippen LogP contribution in [-0.4, -0.2) is 45.6 Å². The lowest BCUT2D eigenvalue weighted by Gasteiger charge is -2.22. The minimum absolute atomic E-state index is 0.0568. The van der Waals surface area contributed by atoms with Crippen molar-refractivity contribution in [3.8, 4) is 5.75 Å². The number of nitrogens with one attached hydrogen (secondary N) is 2. The van der Waals surface area contributed by atoms with E-state index < -0.39 is 30.4 Å². The van der Waals surface area contributed by atoms with Crippen molar-refractivity contribution in [3.63, 3.8) is 0 Å². The van der Waals surface area contributed by atoms with Gasteiger partial charge in [-0.05, 0) is 0 Å². The summed E-state index contributed by atoms with van der Waals surface area (Å²) in [6, 6.07) is 0.799. The largest absolute Gasteiger partial charge is 0.483 e. The van der Waals surface area contributed by atoms with Crippen molar-refractivity contribution in [1.82, 2.24) is 25.2 Å². The molecule has 0 radical (unpaired) electrons. The van der Waals surface area contributed by atoms with Crippen molar-refractivity contribution in [2.75, 3.05) is 13.2 Å². The zero-order valence-electron chi connectivity index (χ0n) is 12.0. The third kappa shape index (κ3) is 3.20. The summed E-state index contributed by atoms with van der Waals surface area (Å²) in [7, 11) is 0. The molecule has 1 fully saturated rings. The maximum Gasteiger partial charge on any atom is 0.321 e. The molecule has 1 unspecified atom stereocenters. The van der Waals surface area contributed by atoms with Gasteiger partial charge >= 0.3 is 6.03 Å². The van der Waals surface area contributed by atoms with Crippen LogP contribution in [0.4, 0.5) is 13.6 Å². The lowest BCUT2D eigenvalue weighted by atomic mass is 10.0. The Morgan fingerprint density at radius 1 is 1.48 bits per heavy atom. The number of amides is 3. The monoisotopic (exact) mass is 325 g/mol. The van der Waals surface area contributed by atoms with Gasteiger partial charge in [0, 0.05) is 31.9 Å². The first-order valence-electron chi connectivity index (χ1n) is 6.77. The molecule has 2 N–H and O–H groups in total. The third-order valence-corrected chi connectivity index (χ3v) is 3.20. The van der Waals surface area contributed by atoms with Gasteiger partial charge in [0.2, 0.25) is 5.91 Å². The average Bonchev–Trinajstić information content (AvgIpc) is 2.92. The number of hydrogen-bond acceptors (Lipinski definition) is 5. The second-order valence-electron chi connectivity index (χ2n) is 5.24. The van der Waals surface area contributed by atoms with Crippen molar-refractivity contribution in [3.05, 3.63) is 24.2 Å². The summed E-state index contributed by atoms with van der Waals surface area (Å²) in [5, 5.41) is 8.83. The second kappa shape index (κ2) is 5.45. The van der Waals surface area contributed by atoms with Crippen LogP contribution >= 0.6 is 0 Å². The molecular formula is C13H13F2N5O3. The van der Waals surface area contributed by atoms with E-state index in [-0.39, 0.29) is 23.6 Å². The first-order valence-corrected chi connectivity index (χ1v) is 6.77. The molecule has 2 aromatic rings. The van der Waals surface area contributed by atoms with Crippen LogP contribution in [0.25, 0.3) is 5.65 Å². The fourth-order valence-electron chi connectivity index (χ4n) is 2.16. The molecule has 10 heteroatoms. The Morgan fingerprint density at radius 2 is 2.26 bits per heavy atom. The highest BCUT2D eigenvalue weighted by atomic mass is 19.3. The highest BCUT2D eigenvalue weighted by Gasteiger charge is 2.30. The molecule has 1 aliphatic rings. The molecule has 2 aromatic heterocycles. The van der Waals surface area contributed by atoms with Crippen LogP contribution in [0, 0.1) is 0 Å². The predicted molar refractivity (Wildman–Crippen MR) is 73.4 cm³/mol. The van der Waals surface area contributed by atoms with E-state index in [9.17, 15) is 18.4 Å². The van der Waals surface area contributed by atoms with Gasteiger partial charge in [0.15, 0.2) is 18.0 Å². The minimum Gasteiger partial charge on any atom is -0.483 e. The normalized spacial score (nSPS) is 18.7. The Morgan fingerprint density at radius 3 is 2.96 bits per heavy atom. The number of ether oxygens (including phenoxy) is 1. The first-order chi connectivity index (χ1) is 10.8. The molecule has 3 amide bonds. The number of nitrogens with zero attached hydrogens (tertiary/aromatic N) is 3. The summed E-state index contributed by atoms with van der Waals surface area (Å²) in [6.45, 7) is -0.0319. The van der Waals surface area contributed by atoms with E-state index in [1.165, 1.54) is 23.0 Å². The van der Waals surface area contributed by atoms with Gasteiger partial charge in [-0.3, -0.25) is 10.1 Å². The minimum atomic E-state index is -3.01. The Balaban J connectivity index is 1.95. The van der Waals surface area contributed by atoms with Crippen molar-refractivity contribution >= 4 is 17.6 Å². The molecule has 0 aromatic carbocycles. The second-order valence-corrected chi connectivity index (χ2v) is 5.24. The summed E-state index contributed by atoms with van der Waals surface area (Å²) >= 11 is 0. The molecule has 0 saturated carbocycles. The quantitative estimate of drug-likeness (QED) is 0.862. The standard InChI is InChI=1S/C13H13F2N5O3/c1-13(14,15)6-23-9-4-8(19-20-3-2-16-10(9)20)7-5-17-12(22)18-11(7)21/h2-4,7H,5-6H2,1H3,(H2,17,18,21,22). The van der Waals surface area contributed by atoms with Crippen LogP contribution in [0.15, 0.2) is 18.5 Å². The maximum atomic E-state index is 13.0. The van der Waals surface area contributed by atoms with E-state index in [0.29, 0.717) is 0 Å². The molecule has 1 aliphatic heterocycles. The molecule has 3 rings (SSSR count). The molecule has 0 spiro atoms. The average molecular weight is 325 g/mol. The Bertz CT molecular complexity index is 771. The van der Waals surface area contributed by atoms with Crippen molar-refractivity contribution in [2.24, 2.45) is 0 Å². The van der Waals surface area contributed by atoms with Crippen LogP contribution in [-0.2, 0) is 4.79 Å². The molecule has 122 valence electrons. The van der Waals surface area contributed by atoms with E-state index in [1.807, 2.05) is 0 Å².